The Balaban J connectivity index is 2.17. The molecule has 0 bridgehead atoms. The van der Waals surface area contributed by atoms with Gasteiger partial charge in [-0.2, -0.15) is 0 Å². The molecule has 1 aromatic carbocycles. The minimum Gasteiger partial charge on any atom is -0.312 e. The Kier molecular flexibility index (Phi) is 4.35. The summed E-state index contributed by atoms with van der Waals surface area (Å²) < 4.78 is 0. The molecule has 90 valence electrons. The second kappa shape index (κ2) is 5.99. The van der Waals surface area contributed by atoms with Gasteiger partial charge in [0.05, 0.1) is 0 Å². The summed E-state index contributed by atoms with van der Waals surface area (Å²) in [5.41, 5.74) is 2.87. The summed E-state index contributed by atoms with van der Waals surface area (Å²) in [5, 5.41) is 5.64. The molecule has 2 heteroatoms. The van der Waals surface area contributed by atoms with Gasteiger partial charge in [0.2, 0.25) is 0 Å². The van der Waals surface area contributed by atoms with Crippen LogP contribution in [-0.4, -0.2) is 7.05 Å². The Labute approximate surface area is 108 Å². The van der Waals surface area contributed by atoms with E-state index in [9.17, 15) is 0 Å². The molecule has 0 aliphatic rings. The second-order valence-corrected chi connectivity index (χ2v) is 5.14. The van der Waals surface area contributed by atoms with Gasteiger partial charge in [-0.25, -0.2) is 0 Å². The normalized spacial score (nSPS) is 12.6. The molecule has 1 heterocycles. The van der Waals surface area contributed by atoms with Gasteiger partial charge in [0.25, 0.3) is 0 Å². The lowest BCUT2D eigenvalue weighted by Gasteiger charge is -2.16. The van der Waals surface area contributed by atoms with Gasteiger partial charge < -0.3 is 5.32 Å². The summed E-state index contributed by atoms with van der Waals surface area (Å²) in [5.74, 6) is 0. The van der Waals surface area contributed by atoms with Crippen LogP contribution in [0.2, 0.25) is 0 Å². The van der Waals surface area contributed by atoms with Crippen molar-refractivity contribution in [2.45, 2.75) is 25.8 Å². The first kappa shape index (κ1) is 12.3. The molecule has 1 atom stereocenters. The van der Waals surface area contributed by atoms with E-state index in [1.165, 1.54) is 16.0 Å². The molecule has 0 saturated heterocycles. The molecule has 1 aromatic heterocycles. The highest BCUT2D eigenvalue weighted by Crippen LogP contribution is 2.27. The highest BCUT2D eigenvalue weighted by Gasteiger charge is 2.14. The highest BCUT2D eigenvalue weighted by atomic mass is 32.1. The van der Waals surface area contributed by atoms with Crippen LogP contribution in [-0.2, 0) is 12.8 Å². The highest BCUT2D eigenvalue weighted by molar-refractivity contribution is 7.10. The molecule has 2 aromatic rings. The van der Waals surface area contributed by atoms with Crippen molar-refractivity contribution in [1.82, 2.24) is 5.32 Å². The van der Waals surface area contributed by atoms with E-state index in [-0.39, 0.29) is 0 Å². The molecule has 1 nitrogen and oxygen atoms in total. The van der Waals surface area contributed by atoms with Crippen LogP contribution < -0.4 is 5.32 Å². The number of thiophene rings is 1. The van der Waals surface area contributed by atoms with Crippen molar-refractivity contribution in [3.63, 3.8) is 0 Å². The van der Waals surface area contributed by atoms with E-state index in [2.05, 4.69) is 54.0 Å². The Morgan fingerprint density at radius 1 is 1.18 bits per heavy atom. The van der Waals surface area contributed by atoms with Crippen molar-refractivity contribution in [2.24, 2.45) is 0 Å². The minimum absolute atomic E-state index is 0.437. The molecule has 0 aliphatic heterocycles. The smallest absolute Gasteiger partial charge is 0.0456 e. The van der Waals surface area contributed by atoms with E-state index in [0.717, 1.165) is 12.8 Å². The van der Waals surface area contributed by atoms with Crippen molar-refractivity contribution >= 4 is 11.3 Å². The van der Waals surface area contributed by atoms with Crippen LogP contribution in [0.4, 0.5) is 0 Å². The number of aryl methyl sites for hydroxylation is 1. The second-order valence-electron chi connectivity index (χ2n) is 4.19. The first-order valence-electron chi connectivity index (χ1n) is 6.12. The summed E-state index contributed by atoms with van der Waals surface area (Å²) in [4.78, 5) is 1.49. The zero-order valence-corrected chi connectivity index (χ0v) is 11.3. The molecule has 0 aliphatic carbocycles. The third-order valence-corrected chi connectivity index (χ3v) is 4.18. The molecule has 0 amide bonds. The summed E-state index contributed by atoms with van der Waals surface area (Å²) in [7, 11) is 2.05. The third-order valence-electron chi connectivity index (χ3n) is 3.11. The van der Waals surface area contributed by atoms with Gasteiger partial charge in [-0.15, -0.1) is 11.3 Å². The molecule has 0 spiro atoms. The quantitative estimate of drug-likeness (QED) is 0.844. The van der Waals surface area contributed by atoms with Crippen molar-refractivity contribution in [3.8, 4) is 0 Å². The number of likely N-dealkylation sites (N-methyl/N-ethyl adjacent to an activating group) is 1. The van der Waals surface area contributed by atoms with Gasteiger partial charge in [-0.1, -0.05) is 37.3 Å². The summed E-state index contributed by atoms with van der Waals surface area (Å²) in [6.07, 6.45) is 2.18. The van der Waals surface area contributed by atoms with Crippen LogP contribution in [0, 0.1) is 0 Å². The molecule has 1 N–H and O–H groups in total. The molecule has 1 unspecified atom stereocenters. The molecular weight excluding hydrogens is 226 g/mol. The molecule has 17 heavy (non-hydrogen) atoms. The summed E-state index contributed by atoms with van der Waals surface area (Å²) in [6, 6.07) is 13.4. The van der Waals surface area contributed by atoms with Crippen molar-refractivity contribution in [2.75, 3.05) is 7.05 Å². The lowest BCUT2D eigenvalue weighted by Crippen LogP contribution is -2.18. The lowest BCUT2D eigenvalue weighted by atomic mass is 10.0. The van der Waals surface area contributed by atoms with E-state index in [0.29, 0.717) is 6.04 Å². The monoisotopic (exact) mass is 245 g/mol. The molecule has 0 radical (unpaired) electrons. The first-order chi connectivity index (χ1) is 8.35. The Morgan fingerprint density at radius 3 is 2.59 bits per heavy atom. The van der Waals surface area contributed by atoms with Crippen molar-refractivity contribution < 1.29 is 0 Å². The zero-order chi connectivity index (χ0) is 12.1. The first-order valence-corrected chi connectivity index (χ1v) is 7.00. The van der Waals surface area contributed by atoms with Crippen LogP contribution >= 0.6 is 11.3 Å². The fraction of sp³-hybridized carbons (Fsp3) is 0.333. The van der Waals surface area contributed by atoms with Gasteiger partial charge >= 0.3 is 0 Å². The number of rotatable bonds is 5. The lowest BCUT2D eigenvalue weighted by molar-refractivity contribution is 0.597. The van der Waals surface area contributed by atoms with Crippen LogP contribution in [0.15, 0.2) is 41.8 Å². The fourth-order valence-corrected chi connectivity index (χ4v) is 3.23. The predicted molar refractivity (Wildman–Crippen MR) is 75.6 cm³/mol. The number of nitrogens with one attached hydrogen (secondary N) is 1. The molecule has 0 fully saturated rings. The third kappa shape index (κ3) is 2.96. The predicted octanol–water partition coefficient (Wildman–Crippen LogP) is 3.81. The zero-order valence-electron chi connectivity index (χ0n) is 10.4. The Hall–Kier alpha value is -1.12. The number of benzene rings is 1. The summed E-state index contributed by atoms with van der Waals surface area (Å²) >= 11 is 1.86. The minimum atomic E-state index is 0.437. The van der Waals surface area contributed by atoms with E-state index >= 15 is 0 Å². The van der Waals surface area contributed by atoms with Crippen molar-refractivity contribution in [1.29, 1.82) is 0 Å². The van der Waals surface area contributed by atoms with Crippen LogP contribution in [0.5, 0.6) is 0 Å². The van der Waals surface area contributed by atoms with E-state index < -0.39 is 0 Å². The maximum Gasteiger partial charge on any atom is 0.0456 e. The average Bonchev–Trinajstić information content (AvgIpc) is 2.85. The molecule has 2 rings (SSSR count). The maximum atomic E-state index is 3.44. The fourth-order valence-electron chi connectivity index (χ4n) is 2.12. The number of hydrogen-bond acceptors (Lipinski definition) is 2. The largest absolute Gasteiger partial charge is 0.312 e. The SMILES string of the molecule is CCc1ccsc1C(Cc1ccccc1)NC. The van der Waals surface area contributed by atoms with Gasteiger partial charge in [-0.3, -0.25) is 0 Å². The maximum absolute atomic E-state index is 3.44. The number of hydrogen-bond donors (Lipinski definition) is 1. The van der Waals surface area contributed by atoms with Gasteiger partial charge in [0.1, 0.15) is 0 Å². The molecule has 0 saturated carbocycles. The van der Waals surface area contributed by atoms with E-state index in [1.54, 1.807) is 0 Å². The Morgan fingerprint density at radius 2 is 1.94 bits per heavy atom. The van der Waals surface area contributed by atoms with Gasteiger partial charge in [0, 0.05) is 10.9 Å². The van der Waals surface area contributed by atoms with E-state index in [4.69, 9.17) is 0 Å². The van der Waals surface area contributed by atoms with Crippen molar-refractivity contribution in [3.05, 3.63) is 57.8 Å². The Bertz CT molecular complexity index is 447. The van der Waals surface area contributed by atoms with Crippen LogP contribution in [0.3, 0.4) is 0 Å². The summed E-state index contributed by atoms with van der Waals surface area (Å²) in [6.45, 7) is 2.22. The standard InChI is InChI=1S/C15H19NS/c1-3-13-9-10-17-15(13)14(16-2)11-12-7-5-4-6-8-12/h4-10,14,16H,3,11H2,1-2H3. The van der Waals surface area contributed by atoms with Gasteiger partial charge in [-0.05, 0) is 42.5 Å². The van der Waals surface area contributed by atoms with E-state index in [1.807, 2.05) is 18.4 Å². The average molecular weight is 245 g/mol. The topological polar surface area (TPSA) is 12.0 Å². The molecular formula is C15H19NS. The van der Waals surface area contributed by atoms with Crippen LogP contribution in [0.1, 0.15) is 29.0 Å². The van der Waals surface area contributed by atoms with Crippen LogP contribution in [0.25, 0.3) is 0 Å². The van der Waals surface area contributed by atoms with Gasteiger partial charge in [0.15, 0.2) is 0 Å².